The average molecular weight is 1180 g/mol. The number of carbonyl (C=O) groups excluding carboxylic acids is 2. The standard InChI is InChI=1S/C76H125NO8/c1-6-8-10-12-14-16-18-20-22-24-26-28-30-32-34-36-37-39-40-42-44-46-48-50-52-54-56-58-60-62-64-66-73(78)83-70-72(71-84-76(75(80)81)82-69-68-77(3,4)5)85-74(79)67-65-63-61-59-57-55-53-51-49-47-45-43-41-38-35-33-31-29-27-25-23-21-19-17-15-13-11-9-7-2/h9,11,15,17-18,20-21,23-24,26-27,29-30,32-33,35,41,43,47,49,53,55,59,61,72,76H,6-8,10,12-14,16,19,22,25,28,31,34,36-40,42,44-46,48,50-52,54,56-58,60,62-71H2,1-5H3/p+1/b11-9-,17-15-,20-18-,23-21-,26-24-,29-27-,32-30-,35-33-,43-41-,49-47-,55-53-,61-59-. The van der Waals surface area contributed by atoms with E-state index in [2.05, 4.69) is 160 Å². The maximum Gasteiger partial charge on any atom is 0.361 e. The SMILES string of the molecule is CC/C=C\C/C=C\C/C=C\C/C=C\C/C=C\C/C=C\C/C=C\C/C=C\C/C=C\CCCC(=O)OC(COC(=O)CCCCCCCCCCCCCCCCCC/C=C\C/C=C\C/C=C\CCCCCCC)COC(OCC[N+](C)(C)C)C(=O)O. The summed E-state index contributed by atoms with van der Waals surface area (Å²) in [6, 6.07) is 0. The van der Waals surface area contributed by atoms with E-state index in [1.54, 1.807) is 0 Å². The van der Waals surface area contributed by atoms with Crippen LogP contribution in [0, 0.1) is 0 Å². The number of carbonyl (C=O) groups is 3. The van der Waals surface area contributed by atoms with Crippen molar-refractivity contribution in [3.05, 3.63) is 146 Å². The van der Waals surface area contributed by atoms with Crippen molar-refractivity contribution in [1.29, 1.82) is 0 Å². The maximum atomic E-state index is 12.9. The number of ether oxygens (including phenoxy) is 4. The van der Waals surface area contributed by atoms with Crippen LogP contribution in [0.2, 0.25) is 0 Å². The molecule has 0 heterocycles. The molecular formula is C76H126NO8+. The van der Waals surface area contributed by atoms with Crippen LogP contribution in [0.1, 0.15) is 258 Å². The number of allylic oxidation sites excluding steroid dienone is 24. The fraction of sp³-hybridized carbons (Fsp3) is 0.645. The van der Waals surface area contributed by atoms with Crippen molar-refractivity contribution in [2.45, 2.75) is 270 Å². The summed E-state index contributed by atoms with van der Waals surface area (Å²) >= 11 is 0. The minimum absolute atomic E-state index is 0.169. The normalized spacial score (nSPS) is 13.7. The third-order valence-corrected chi connectivity index (χ3v) is 14.1. The smallest absolute Gasteiger partial charge is 0.361 e. The summed E-state index contributed by atoms with van der Waals surface area (Å²) in [5.74, 6) is -2.10. The zero-order chi connectivity index (χ0) is 61.9. The highest BCUT2D eigenvalue weighted by atomic mass is 16.7. The van der Waals surface area contributed by atoms with Gasteiger partial charge in [-0.3, -0.25) is 9.59 Å². The molecule has 9 heteroatoms. The van der Waals surface area contributed by atoms with Gasteiger partial charge in [-0.1, -0.05) is 275 Å². The fourth-order valence-corrected chi connectivity index (χ4v) is 8.90. The first kappa shape index (κ1) is 80.2. The van der Waals surface area contributed by atoms with E-state index in [0.29, 0.717) is 23.9 Å². The van der Waals surface area contributed by atoms with Gasteiger partial charge >= 0.3 is 17.9 Å². The molecule has 0 rings (SSSR count). The first-order valence-corrected chi connectivity index (χ1v) is 34.0. The van der Waals surface area contributed by atoms with Gasteiger partial charge in [0.15, 0.2) is 6.10 Å². The molecule has 0 amide bonds. The van der Waals surface area contributed by atoms with Crippen molar-refractivity contribution in [2.75, 3.05) is 47.5 Å². The van der Waals surface area contributed by atoms with Crippen molar-refractivity contribution in [1.82, 2.24) is 0 Å². The minimum Gasteiger partial charge on any atom is -0.477 e. The van der Waals surface area contributed by atoms with Gasteiger partial charge in [0.1, 0.15) is 13.2 Å². The first-order valence-electron chi connectivity index (χ1n) is 34.0. The van der Waals surface area contributed by atoms with Gasteiger partial charge in [0.05, 0.1) is 34.4 Å². The molecule has 0 fully saturated rings. The second-order valence-electron chi connectivity index (χ2n) is 23.4. The molecule has 0 aliphatic heterocycles. The lowest BCUT2D eigenvalue weighted by Crippen LogP contribution is -2.40. The molecule has 0 aromatic rings. The van der Waals surface area contributed by atoms with Gasteiger partial charge in [-0.05, 0) is 116 Å². The summed E-state index contributed by atoms with van der Waals surface area (Å²) in [7, 11) is 5.95. The summed E-state index contributed by atoms with van der Waals surface area (Å²) < 4.78 is 22.9. The predicted molar refractivity (Wildman–Crippen MR) is 364 cm³/mol. The minimum atomic E-state index is -1.54. The Labute approximate surface area is 522 Å². The molecule has 0 saturated carbocycles. The Morgan fingerprint density at radius 2 is 0.682 bits per heavy atom. The molecule has 2 unspecified atom stereocenters. The van der Waals surface area contributed by atoms with E-state index in [-0.39, 0.29) is 38.6 Å². The quantitative estimate of drug-likeness (QED) is 0.0211. The molecule has 0 radical (unpaired) electrons. The molecule has 0 aromatic heterocycles. The molecule has 482 valence electrons. The summed E-state index contributed by atoms with van der Waals surface area (Å²) in [5, 5.41) is 9.74. The Hall–Kier alpha value is -4.83. The molecule has 0 aliphatic carbocycles. The van der Waals surface area contributed by atoms with E-state index in [1.165, 1.54) is 128 Å². The van der Waals surface area contributed by atoms with Crippen molar-refractivity contribution in [3.63, 3.8) is 0 Å². The third-order valence-electron chi connectivity index (χ3n) is 14.1. The van der Waals surface area contributed by atoms with Gasteiger partial charge < -0.3 is 28.5 Å². The van der Waals surface area contributed by atoms with Crippen LogP contribution in [0.4, 0.5) is 0 Å². The Morgan fingerprint density at radius 1 is 0.365 bits per heavy atom. The van der Waals surface area contributed by atoms with Crippen LogP contribution in [0.5, 0.6) is 0 Å². The number of aliphatic carboxylic acids is 1. The third kappa shape index (κ3) is 66.5. The fourth-order valence-electron chi connectivity index (χ4n) is 8.90. The topological polar surface area (TPSA) is 108 Å². The van der Waals surface area contributed by atoms with Crippen LogP contribution < -0.4 is 0 Å². The number of quaternary nitrogens is 1. The van der Waals surface area contributed by atoms with Crippen LogP contribution in [0.3, 0.4) is 0 Å². The highest BCUT2D eigenvalue weighted by molar-refractivity contribution is 5.71. The largest absolute Gasteiger partial charge is 0.477 e. The molecular weight excluding hydrogens is 1050 g/mol. The Kier molecular flexibility index (Phi) is 61.4. The number of likely N-dealkylation sites (N-methyl/N-ethyl adjacent to an activating group) is 1. The summed E-state index contributed by atoms with van der Waals surface area (Å²) in [6.07, 6.45) is 92.5. The van der Waals surface area contributed by atoms with Gasteiger partial charge in [0, 0.05) is 12.8 Å². The van der Waals surface area contributed by atoms with Crippen LogP contribution in [-0.4, -0.2) is 87.4 Å². The van der Waals surface area contributed by atoms with Crippen LogP contribution >= 0.6 is 0 Å². The molecule has 0 aliphatic rings. The molecule has 2 atom stereocenters. The van der Waals surface area contributed by atoms with Crippen LogP contribution in [-0.2, 0) is 33.3 Å². The first-order chi connectivity index (χ1) is 41.6. The monoisotopic (exact) mass is 1180 g/mol. The summed E-state index contributed by atoms with van der Waals surface area (Å²) in [5.41, 5.74) is 0. The van der Waals surface area contributed by atoms with E-state index in [4.69, 9.17) is 18.9 Å². The van der Waals surface area contributed by atoms with Gasteiger partial charge in [-0.25, -0.2) is 4.79 Å². The second-order valence-corrected chi connectivity index (χ2v) is 23.4. The van der Waals surface area contributed by atoms with Crippen molar-refractivity contribution in [2.24, 2.45) is 0 Å². The predicted octanol–water partition coefficient (Wildman–Crippen LogP) is 21.1. The van der Waals surface area contributed by atoms with Crippen LogP contribution in [0.25, 0.3) is 0 Å². The maximum absolute atomic E-state index is 12.9. The molecule has 0 aromatic carbocycles. The average Bonchev–Trinajstić information content (AvgIpc) is 3.48. The van der Waals surface area contributed by atoms with Gasteiger partial charge in [0.25, 0.3) is 6.29 Å². The molecule has 9 nitrogen and oxygen atoms in total. The molecule has 85 heavy (non-hydrogen) atoms. The highest BCUT2D eigenvalue weighted by Gasteiger charge is 2.25. The molecule has 0 bridgehead atoms. The number of carboxylic acids is 1. The van der Waals surface area contributed by atoms with E-state index < -0.39 is 24.3 Å². The number of rotatable bonds is 61. The Bertz CT molecular complexity index is 1900. The number of hydrogen-bond acceptors (Lipinski definition) is 7. The summed E-state index contributed by atoms with van der Waals surface area (Å²) in [4.78, 5) is 37.6. The number of esters is 2. The number of carboxylic acid groups (broad SMARTS) is 1. The zero-order valence-corrected chi connectivity index (χ0v) is 55.0. The van der Waals surface area contributed by atoms with Crippen molar-refractivity contribution < 1.29 is 42.9 Å². The van der Waals surface area contributed by atoms with Gasteiger partial charge in [-0.2, -0.15) is 0 Å². The molecule has 1 N–H and O–H groups in total. The lowest BCUT2D eigenvalue weighted by molar-refractivity contribution is -0.870. The lowest BCUT2D eigenvalue weighted by atomic mass is 10.0. The highest BCUT2D eigenvalue weighted by Crippen LogP contribution is 2.16. The number of nitrogens with zero attached hydrogens (tertiary/aromatic N) is 1. The van der Waals surface area contributed by atoms with Crippen LogP contribution in [0.15, 0.2) is 146 Å². The van der Waals surface area contributed by atoms with E-state index in [0.717, 1.165) is 89.9 Å². The van der Waals surface area contributed by atoms with Gasteiger partial charge in [-0.15, -0.1) is 0 Å². The second kappa shape index (κ2) is 65.2. The molecule has 0 spiro atoms. The van der Waals surface area contributed by atoms with E-state index in [1.807, 2.05) is 21.1 Å². The van der Waals surface area contributed by atoms with Crippen molar-refractivity contribution >= 4 is 17.9 Å². The van der Waals surface area contributed by atoms with E-state index >= 15 is 0 Å². The lowest BCUT2D eigenvalue weighted by Gasteiger charge is -2.25. The van der Waals surface area contributed by atoms with E-state index in [9.17, 15) is 19.5 Å². The Balaban J connectivity index is 4.26. The van der Waals surface area contributed by atoms with Crippen molar-refractivity contribution in [3.8, 4) is 0 Å². The number of hydrogen-bond donors (Lipinski definition) is 1. The Morgan fingerprint density at radius 3 is 1.04 bits per heavy atom. The molecule has 0 saturated heterocycles. The number of unbranched alkanes of at least 4 members (excludes halogenated alkanes) is 22. The summed E-state index contributed by atoms with van der Waals surface area (Å²) in [6.45, 7) is 4.68. The van der Waals surface area contributed by atoms with Gasteiger partial charge in [0.2, 0.25) is 0 Å². The zero-order valence-electron chi connectivity index (χ0n) is 55.0.